The van der Waals surface area contributed by atoms with Gasteiger partial charge in [-0.1, -0.05) is 19.3 Å². The number of nitrogens with one attached hydrogen (secondary N) is 1. The van der Waals surface area contributed by atoms with E-state index in [0.717, 1.165) is 25.5 Å². The number of esters is 1. The lowest BCUT2D eigenvalue weighted by molar-refractivity contribution is -0.154. The minimum atomic E-state index is -4.46. The van der Waals surface area contributed by atoms with Gasteiger partial charge in [-0.3, -0.25) is 9.59 Å². The van der Waals surface area contributed by atoms with Crippen molar-refractivity contribution < 1.29 is 32.2 Å². The van der Waals surface area contributed by atoms with Crippen LogP contribution in [-0.4, -0.2) is 42.8 Å². The quantitative estimate of drug-likeness (QED) is 0.633. The third-order valence-corrected chi connectivity index (χ3v) is 4.22. The van der Waals surface area contributed by atoms with Gasteiger partial charge in [0.1, 0.15) is 0 Å². The Balaban J connectivity index is 2.00. The Morgan fingerprint density at radius 1 is 1.23 bits per heavy atom. The van der Waals surface area contributed by atoms with Gasteiger partial charge in [-0.25, -0.2) is 4.98 Å². The Morgan fingerprint density at radius 3 is 2.58 bits per heavy atom. The summed E-state index contributed by atoms with van der Waals surface area (Å²) in [4.78, 5) is 28.0. The predicted molar refractivity (Wildman–Crippen MR) is 85.6 cm³/mol. The molecule has 9 heteroatoms. The summed E-state index contributed by atoms with van der Waals surface area (Å²) in [7, 11) is 1.32. The van der Waals surface area contributed by atoms with Crippen molar-refractivity contribution in [3.63, 3.8) is 0 Å². The van der Waals surface area contributed by atoms with Crippen molar-refractivity contribution in [2.24, 2.45) is 5.92 Å². The molecule has 1 heterocycles. The molecule has 0 spiro atoms. The van der Waals surface area contributed by atoms with Crippen molar-refractivity contribution in [1.29, 1.82) is 0 Å². The SMILES string of the molecule is COC(=O)[C@@H]1CCCCC[C@H]1NC(=O)c1ccc(OCC(F)(F)F)nc1. The first-order chi connectivity index (χ1) is 12.3. The van der Waals surface area contributed by atoms with E-state index in [1.54, 1.807) is 0 Å². The maximum Gasteiger partial charge on any atom is 0.422 e. The zero-order chi connectivity index (χ0) is 19.2. The van der Waals surface area contributed by atoms with Gasteiger partial charge in [0.05, 0.1) is 18.6 Å². The third kappa shape index (κ3) is 5.89. The van der Waals surface area contributed by atoms with Crippen LogP contribution in [0, 0.1) is 5.92 Å². The Kier molecular flexibility index (Phi) is 6.82. The normalized spacial score (nSPS) is 20.8. The molecule has 0 aliphatic heterocycles. The van der Waals surface area contributed by atoms with Gasteiger partial charge in [-0.2, -0.15) is 13.2 Å². The van der Waals surface area contributed by atoms with Crippen LogP contribution < -0.4 is 10.1 Å². The first-order valence-electron chi connectivity index (χ1n) is 8.34. The van der Waals surface area contributed by atoms with E-state index < -0.39 is 24.6 Å². The number of ether oxygens (including phenoxy) is 2. The average molecular weight is 374 g/mol. The summed E-state index contributed by atoms with van der Waals surface area (Å²) in [6.07, 6.45) is 0.739. The summed E-state index contributed by atoms with van der Waals surface area (Å²) in [6, 6.07) is 2.18. The third-order valence-electron chi connectivity index (χ3n) is 4.22. The highest BCUT2D eigenvalue weighted by Crippen LogP contribution is 2.25. The highest BCUT2D eigenvalue weighted by molar-refractivity contribution is 5.94. The Bertz CT molecular complexity index is 619. The van der Waals surface area contributed by atoms with Gasteiger partial charge in [-0.15, -0.1) is 0 Å². The number of carbonyl (C=O) groups is 2. The molecular weight excluding hydrogens is 353 g/mol. The van der Waals surface area contributed by atoms with E-state index in [-0.39, 0.29) is 23.5 Å². The standard InChI is InChI=1S/C17H21F3N2O4/c1-25-16(24)12-5-3-2-4-6-13(12)22-15(23)11-7-8-14(21-9-11)26-10-17(18,19)20/h7-9,12-13H,2-6,10H2,1H3,(H,22,23)/t12-,13-/m1/s1. The van der Waals surface area contributed by atoms with E-state index in [2.05, 4.69) is 15.0 Å². The fourth-order valence-corrected chi connectivity index (χ4v) is 2.92. The van der Waals surface area contributed by atoms with Crippen LogP contribution in [-0.2, 0) is 9.53 Å². The van der Waals surface area contributed by atoms with E-state index in [9.17, 15) is 22.8 Å². The Labute approximate surface area is 149 Å². The van der Waals surface area contributed by atoms with Crippen molar-refractivity contribution in [3.05, 3.63) is 23.9 Å². The second-order valence-corrected chi connectivity index (χ2v) is 6.14. The first-order valence-corrected chi connectivity index (χ1v) is 8.34. The molecule has 1 aromatic heterocycles. The van der Waals surface area contributed by atoms with Gasteiger partial charge in [-0.05, 0) is 18.9 Å². The second-order valence-electron chi connectivity index (χ2n) is 6.14. The zero-order valence-electron chi connectivity index (χ0n) is 14.3. The molecule has 0 saturated heterocycles. The number of pyridine rings is 1. The molecule has 1 fully saturated rings. The van der Waals surface area contributed by atoms with Crippen molar-refractivity contribution in [2.75, 3.05) is 13.7 Å². The molecule has 1 saturated carbocycles. The molecule has 0 bridgehead atoms. The number of hydrogen-bond acceptors (Lipinski definition) is 5. The predicted octanol–water partition coefficient (Wildman–Crippen LogP) is 2.87. The molecule has 1 amide bonds. The zero-order valence-corrected chi connectivity index (χ0v) is 14.3. The lowest BCUT2D eigenvalue weighted by Gasteiger charge is -2.24. The van der Waals surface area contributed by atoms with Crippen LogP contribution in [0.2, 0.25) is 0 Å². The molecule has 6 nitrogen and oxygen atoms in total. The molecule has 2 atom stereocenters. The number of aromatic nitrogens is 1. The number of methoxy groups -OCH3 is 1. The second kappa shape index (κ2) is 8.86. The van der Waals surface area contributed by atoms with Gasteiger partial charge in [0.15, 0.2) is 6.61 Å². The molecule has 0 radical (unpaired) electrons. The minimum absolute atomic E-state index is 0.178. The van der Waals surface area contributed by atoms with Crippen LogP contribution in [0.3, 0.4) is 0 Å². The van der Waals surface area contributed by atoms with Crippen LogP contribution in [0.5, 0.6) is 5.88 Å². The van der Waals surface area contributed by atoms with E-state index in [0.29, 0.717) is 12.8 Å². The molecule has 1 aliphatic carbocycles. The maximum atomic E-state index is 12.4. The molecule has 1 N–H and O–H groups in total. The lowest BCUT2D eigenvalue weighted by atomic mass is 9.94. The van der Waals surface area contributed by atoms with E-state index in [1.165, 1.54) is 19.2 Å². The van der Waals surface area contributed by atoms with Crippen LogP contribution >= 0.6 is 0 Å². The number of alkyl halides is 3. The largest absolute Gasteiger partial charge is 0.469 e. The summed E-state index contributed by atoms with van der Waals surface area (Å²) in [6.45, 7) is -1.45. The van der Waals surface area contributed by atoms with Crippen LogP contribution in [0.4, 0.5) is 13.2 Å². The van der Waals surface area contributed by atoms with Crippen molar-refractivity contribution in [1.82, 2.24) is 10.3 Å². The van der Waals surface area contributed by atoms with Crippen molar-refractivity contribution >= 4 is 11.9 Å². The molecule has 2 rings (SSSR count). The lowest BCUT2D eigenvalue weighted by Crippen LogP contribution is -2.43. The number of amides is 1. The van der Waals surface area contributed by atoms with E-state index >= 15 is 0 Å². The summed E-state index contributed by atoms with van der Waals surface area (Å²) >= 11 is 0. The van der Waals surface area contributed by atoms with Gasteiger partial charge in [0, 0.05) is 18.3 Å². The van der Waals surface area contributed by atoms with Gasteiger partial charge >= 0.3 is 12.1 Å². The van der Waals surface area contributed by atoms with Gasteiger partial charge in [0.25, 0.3) is 5.91 Å². The Hall–Kier alpha value is -2.32. The summed E-state index contributed by atoms with van der Waals surface area (Å²) in [5.41, 5.74) is 0.178. The van der Waals surface area contributed by atoms with Crippen LogP contribution in [0.15, 0.2) is 18.3 Å². The first kappa shape index (κ1) is 20.0. The van der Waals surface area contributed by atoms with Gasteiger partial charge < -0.3 is 14.8 Å². The minimum Gasteiger partial charge on any atom is -0.469 e. The fraction of sp³-hybridized carbons (Fsp3) is 0.588. The van der Waals surface area contributed by atoms with E-state index in [1.807, 2.05) is 0 Å². The van der Waals surface area contributed by atoms with Crippen molar-refractivity contribution in [3.8, 4) is 5.88 Å². The smallest absolute Gasteiger partial charge is 0.422 e. The maximum absolute atomic E-state index is 12.4. The number of carbonyl (C=O) groups excluding carboxylic acids is 2. The summed E-state index contributed by atoms with van der Waals surface area (Å²) in [5.74, 6) is -1.43. The Morgan fingerprint density at radius 2 is 1.96 bits per heavy atom. The molecule has 144 valence electrons. The number of halogens is 3. The van der Waals surface area contributed by atoms with Crippen LogP contribution in [0.1, 0.15) is 42.5 Å². The summed E-state index contributed by atoms with van der Waals surface area (Å²) < 4.78 is 45.7. The van der Waals surface area contributed by atoms with Crippen LogP contribution in [0.25, 0.3) is 0 Å². The average Bonchev–Trinajstić information content (AvgIpc) is 2.84. The molecule has 1 aliphatic rings. The number of nitrogens with zero attached hydrogens (tertiary/aromatic N) is 1. The van der Waals surface area contributed by atoms with Crippen molar-refractivity contribution in [2.45, 2.75) is 44.3 Å². The van der Waals surface area contributed by atoms with Gasteiger partial charge in [0.2, 0.25) is 5.88 Å². The molecule has 26 heavy (non-hydrogen) atoms. The molecule has 0 unspecified atom stereocenters. The number of hydrogen-bond donors (Lipinski definition) is 1. The monoisotopic (exact) mass is 374 g/mol. The summed E-state index contributed by atoms with van der Waals surface area (Å²) in [5, 5.41) is 2.82. The molecular formula is C17H21F3N2O4. The van der Waals surface area contributed by atoms with E-state index in [4.69, 9.17) is 4.74 Å². The number of rotatable bonds is 5. The molecule has 0 aromatic carbocycles. The highest BCUT2D eigenvalue weighted by atomic mass is 19.4. The molecule has 1 aromatic rings. The fourth-order valence-electron chi connectivity index (χ4n) is 2.92. The highest BCUT2D eigenvalue weighted by Gasteiger charge is 2.32. The topological polar surface area (TPSA) is 77.5 Å².